The molecule has 2 aliphatic rings. The van der Waals surface area contributed by atoms with Gasteiger partial charge in [0.25, 0.3) is 0 Å². The van der Waals surface area contributed by atoms with Gasteiger partial charge in [-0.05, 0) is 44.2 Å². The van der Waals surface area contributed by atoms with Gasteiger partial charge in [0, 0.05) is 57.1 Å². The Bertz CT molecular complexity index is 1100. The SMILES string of the molecule is CC(C(=O)N1CCCC(c2nn(C)cc2-c2ccnc(N3CCCC3)n2)C1)c1ccccc1. The number of hydrogen-bond donors (Lipinski definition) is 0. The number of piperidine rings is 1. The van der Waals surface area contributed by atoms with Crippen molar-refractivity contribution in [1.29, 1.82) is 0 Å². The molecule has 2 unspecified atom stereocenters. The first-order chi connectivity index (χ1) is 16.1. The highest BCUT2D eigenvalue weighted by Gasteiger charge is 2.31. The largest absolute Gasteiger partial charge is 0.342 e. The van der Waals surface area contributed by atoms with Crippen molar-refractivity contribution in [3.8, 4) is 11.3 Å². The van der Waals surface area contributed by atoms with Crippen molar-refractivity contribution in [2.75, 3.05) is 31.1 Å². The standard InChI is InChI=1S/C26H32N6O/c1-19(20-9-4-3-5-10-20)25(33)32-16-8-11-21(17-32)24-22(18-30(2)29-24)23-12-13-27-26(28-23)31-14-6-7-15-31/h3-5,9-10,12-13,18-19,21H,6-8,11,14-17H2,1-2H3. The van der Waals surface area contributed by atoms with Gasteiger partial charge in [0.2, 0.25) is 11.9 Å². The second kappa shape index (κ2) is 9.33. The van der Waals surface area contributed by atoms with Crippen LogP contribution in [0.15, 0.2) is 48.8 Å². The van der Waals surface area contributed by atoms with E-state index in [9.17, 15) is 4.79 Å². The zero-order chi connectivity index (χ0) is 22.8. The Hall–Kier alpha value is -3.22. The summed E-state index contributed by atoms with van der Waals surface area (Å²) >= 11 is 0. The van der Waals surface area contributed by atoms with Gasteiger partial charge in [-0.3, -0.25) is 9.48 Å². The highest BCUT2D eigenvalue weighted by atomic mass is 16.2. The van der Waals surface area contributed by atoms with E-state index in [2.05, 4.69) is 16.1 Å². The molecule has 5 rings (SSSR count). The lowest BCUT2D eigenvalue weighted by Crippen LogP contribution is -2.41. The fourth-order valence-corrected chi connectivity index (χ4v) is 5.13. The molecule has 2 atom stereocenters. The zero-order valence-electron chi connectivity index (χ0n) is 19.5. The van der Waals surface area contributed by atoms with Crippen LogP contribution in [-0.2, 0) is 11.8 Å². The molecular formula is C26H32N6O. The summed E-state index contributed by atoms with van der Waals surface area (Å²) in [4.78, 5) is 27.0. The van der Waals surface area contributed by atoms with Crippen molar-refractivity contribution < 1.29 is 4.79 Å². The summed E-state index contributed by atoms with van der Waals surface area (Å²) in [5, 5.41) is 4.84. The van der Waals surface area contributed by atoms with Crippen molar-refractivity contribution in [3.05, 3.63) is 60.0 Å². The van der Waals surface area contributed by atoms with Crippen LogP contribution in [0.5, 0.6) is 0 Å². The average Bonchev–Trinajstić information content (AvgIpc) is 3.54. The molecule has 2 fully saturated rings. The van der Waals surface area contributed by atoms with E-state index in [1.807, 2.05) is 66.1 Å². The second-order valence-corrected chi connectivity index (χ2v) is 9.29. The molecule has 172 valence electrons. The first-order valence-electron chi connectivity index (χ1n) is 12.1. The molecule has 1 amide bonds. The molecular weight excluding hydrogens is 412 g/mol. The van der Waals surface area contributed by atoms with E-state index in [0.717, 1.165) is 60.9 Å². The molecule has 2 aromatic heterocycles. The summed E-state index contributed by atoms with van der Waals surface area (Å²) in [5.41, 5.74) is 4.07. The van der Waals surface area contributed by atoms with Gasteiger partial charge >= 0.3 is 0 Å². The van der Waals surface area contributed by atoms with Gasteiger partial charge in [-0.25, -0.2) is 9.97 Å². The minimum Gasteiger partial charge on any atom is -0.342 e. The molecule has 3 aromatic rings. The number of anilines is 1. The van der Waals surface area contributed by atoms with Crippen molar-refractivity contribution in [3.63, 3.8) is 0 Å². The number of amides is 1. The normalized spacial score (nSPS) is 19.6. The molecule has 2 saturated heterocycles. The minimum absolute atomic E-state index is 0.141. The van der Waals surface area contributed by atoms with Crippen molar-refractivity contribution in [1.82, 2.24) is 24.6 Å². The van der Waals surface area contributed by atoms with Gasteiger partial charge in [0.1, 0.15) is 0 Å². The van der Waals surface area contributed by atoms with Crippen LogP contribution in [0.25, 0.3) is 11.3 Å². The van der Waals surface area contributed by atoms with Crippen molar-refractivity contribution in [2.45, 2.75) is 44.4 Å². The van der Waals surface area contributed by atoms with Crippen LogP contribution in [0.2, 0.25) is 0 Å². The predicted molar refractivity (Wildman–Crippen MR) is 129 cm³/mol. The van der Waals surface area contributed by atoms with Crippen LogP contribution in [-0.4, -0.2) is 56.7 Å². The van der Waals surface area contributed by atoms with Crippen LogP contribution in [0.3, 0.4) is 0 Å². The van der Waals surface area contributed by atoms with Gasteiger partial charge in [-0.1, -0.05) is 30.3 Å². The fourth-order valence-electron chi connectivity index (χ4n) is 5.13. The maximum absolute atomic E-state index is 13.3. The number of nitrogens with zero attached hydrogens (tertiary/aromatic N) is 6. The van der Waals surface area contributed by atoms with Gasteiger partial charge < -0.3 is 9.80 Å². The number of carbonyl (C=O) groups excluding carboxylic acids is 1. The molecule has 2 aliphatic heterocycles. The average molecular weight is 445 g/mol. The quantitative estimate of drug-likeness (QED) is 0.595. The first kappa shape index (κ1) is 21.6. The van der Waals surface area contributed by atoms with E-state index in [4.69, 9.17) is 10.1 Å². The molecule has 7 nitrogen and oxygen atoms in total. The summed E-state index contributed by atoms with van der Waals surface area (Å²) in [5.74, 6) is 1.06. The summed E-state index contributed by atoms with van der Waals surface area (Å²) in [6.07, 6.45) is 8.30. The monoisotopic (exact) mass is 444 g/mol. The second-order valence-electron chi connectivity index (χ2n) is 9.29. The molecule has 0 aliphatic carbocycles. The van der Waals surface area contributed by atoms with Gasteiger partial charge in [-0.2, -0.15) is 5.10 Å². The Balaban J connectivity index is 1.38. The minimum atomic E-state index is -0.141. The van der Waals surface area contributed by atoms with Crippen molar-refractivity contribution in [2.24, 2.45) is 7.05 Å². The molecule has 1 aromatic carbocycles. The Morgan fingerprint density at radius 1 is 1.06 bits per heavy atom. The maximum atomic E-state index is 13.3. The summed E-state index contributed by atoms with van der Waals surface area (Å²) < 4.78 is 1.87. The lowest BCUT2D eigenvalue weighted by atomic mass is 9.90. The number of benzene rings is 1. The fraction of sp³-hybridized carbons (Fsp3) is 0.462. The van der Waals surface area contributed by atoms with Crippen LogP contribution in [0.1, 0.15) is 55.7 Å². The van der Waals surface area contributed by atoms with E-state index >= 15 is 0 Å². The molecule has 0 saturated carbocycles. The van der Waals surface area contributed by atoms with Crippen LogP contribution in [0, 0.1) is 0 Å². The third-order valence-electron chi connectivity index (χ3n) is 6.95. The van der Waals surface area contributed by atoms with E-state index in [0.29, 0.717) is 6.54 Å². The van der Waals surface area contributed by atoms with Gasteiger partial charge in [-0.15, -0.1) is 0 Å². The van der Waals surface area contributed by atoms with Crippen LogP contribution < -0.4 is 4.90 Å². The topological polar surface area (TPSA) is 67.2 Å². The van der Waals surface area contributed by atoms with Crippen LogP contribution >= 0.6 is 0 Å². The predicted octanol–water partition coefficient (Wildman–Crippen LogP) is 3.99. The molecule has 4 heterocycles. The van der Waals surface area contributed by atoms with E-state index in [-0.39, 0.29) is 17.7 Å². The molecule has 33 heavy (non-hydrogen) atoms. The third kappa shape index (κ3) is 4.49. The lowest BCUT2D eigenvalue weighted by molar-refractivity contribution is -0.133. The third-order valence-corrected chi connectivity index (χ3v) is 6.95. The Labute approximate surface area is 195 Å². The molecule has 0 spiro atoms. The summed E-state index contributed by atoms with van der Waals surface area (Å²) in [6.45, 7) is 5.55. The first-order valence-corrected chi connectivity index (χ1v) is 12.1. The lowest BCUT2D eigenvalue weighted by Gasteiger charge is -2.34. The number of aromatic nitrogens is 4. The smallest absolute Gasteiger partial charge is 0.229 e. The number of carbonyl (C=O) groups is 1. The molecule has 0 N–H and O–H groups in total. The highest BCUT2D eigenvalue weighted by Crippen LogP contribution is 2.34. The van der Waals surface area contributed by atoms with Crippen molar-refractivity contribution >= 4 is 11.9 Å². The number of hydrogen-bond acceptors (Lipinski definition) is 5. The van der Waals surface area contributed by atoms with E-state index in [1.165, 1.54) is 12.8 Å². The van der Waals surface area contributed by atoms with Crippen LogP contribution in [0.4, 0.5) is 5.95 Å². The number of likely N-dealkylation sites (tertiary alicyclic amines) is 1. The summed E-state index contributed by atoms with van der Waals surface area (Å²) in [7, 11) is 1.96. The van der Waals surface area contributed by atoms with Gasteiger partial charge in [0.15, 0.2) is 0 Å². The summed E-state index contributed by atoms with van der Waals surface area (Å²) in [6, 6.07) is 12.0. The number of rotatable bonds is 5. The zero-order valence-corrected chi connectivity index (χ0v) is 19.5. The Kier molecular flexibility index (Phi) is 6.11. The van der Waals surface area contributed by atoms with E-state index in [1.54, 1.807) is 0 Å². The molecule has 7 heteroatoms. The molecule has 0 radical (unpaired) electrons. The number of aryl methyl sites for hydroxylation is 1. The Morgan fingerprint density at radius 2 is 1.85 bits per heavy atom. The molecule has 0 bridgehead atoms. The van der Waals surface area contributed by atoms with E-state index < -0.39 is 0 Å². The highest BCUT2D eigenvalue weighted by molar-refractivity contribution is 5.83. The Morgan fingerprint density at radius 3 is 2.64 bits per heavy atom. The maximum Gasteiger partial charge on any atom is 0.229 e. The van der Waals surface area contributed by atoms with Gasteiger partial charge in [0.05, 0.1) is 17.3 Å².